The topological polar surface area (TPSA) is 59.3 Å². The standard InChI is InChI=1S/C8H11BBrNO3/c1-2-13-8(12)7-3-6(10)4-9(7)14-5-11/h6-7H,2-4H2,1H3/t6-,7-/m0/s1. The first-order valence-corrected chi connectivity index (χ1v) is 5.46. The van der Waals surface area contributed by atoms with Gasteiger partial charge in [0.05, 0.1) is 12.4 Å². The number of nitrogens with zero attached hydrogens (tertiary/aromatic N) is 1. The van der Waals surface area contributed by atoms with Crippen molar-refractivity contribution in [3.8, 4) is 6.26 Å². The third-order valence-electron chi connectivity index (χ3n) is 2.24. The molecule has 0 saturated carbocycles. The van der Waals surface area contributed by atoms with Crippen LogP contribution in [-0.2, 0) is 14.2 Å². The first-order chi connectivity index (χ1) is 6.69. The number of halogens is 1. The van der Waals surface area contributed by atoms with E-state index in [1.54, 1.807) is 13.2 Å². The minimum Gasteiger partial charge on any atom is -0.497 e. The average molecular weight is 260 g/mol. The van der Waals surface area contributed by atoms with Crippen LogP contribution in [0.15, 0.2) is 0 Å². The summed E-state index contributed by atoms with van der Waals surface area (Å²) in [6.07, 6.45) is 2.98. The van der Waals surface area contributed by atoms with Gasteiger partial charge in [-0.15, -0.1) is 0 Å². The van der Waals surface area contributed by atoms with Crippen LogP contribution >= 0.6 is 15.9 Å². The van der Waals surface area contributed by atoms with Gasteiger partial charge in [-0.25, -0.2) is 0 Å². The molecule has 76 valence electrons. The number of hydrogen-bond donors (Lipinski definition) is 0. The Labute approximate surface area is 91.8 Å². The van der Waals surface area contributed by atoms with Gasteiger partial charge in [0.15, 0.2) is 0 Å². The lowest BCUT2D eigenvalue weighted by molar-refractivity contribution is -0.143. The summed E-state index contributed by atoms with van der Waals surface area (Å²) in [5.41, 5.74) is 0. The molecule has 4 nitrogen and oxygen atoms in total. The molecule has 1 aliphatic rings. The van der Waals surface area contributed by atoms with Crippen molar-refractivity contribution < 1.29 is 14.2 Å². The zero-order chi connectivity index (χ0) is 10.6. The SMILES string of the molecule is CCOC(=O)[C@@H]1C[C@H](Br)CB1OC#N. The first kappa shape index (κ1) is 11.4. The van der Waals surface area contributed by atoms with Gasteiger partial charge in [0.2, 0.25) is 0 Å². The van der Waals surface area contributed by atoms with E-state index in [1.807, 2.05) is 0 Å². The van der Waals surface area contributed by atoms with Crippen LogP contribution in [0.25, 0.3) is 0 Å². The van der Waals surface area contributed by atoms with E-state index < -0.39 is 0 Å². The maximum atomic E-state index is 11.4. The van der Waals surface area contributed by atoms with Crippen LogP contribution in [0, 0.1) is 11.5 Å². The number of alkyl halides is 1. The Morgan fingerprint density at radius 1 is 1.79 bits per heavy atom. The molecule has 1 saturated heterocycles. The summed E-state index contributed by atoms with van der Waals surface area (Å²) in [5, 5.41) is 8.40. The number of ether oxygens (including phenoxy) is 1. The molecule has 14 heavy (non-hydrogen) atoms. The van der Waals surface area contributed by atoms with Crippen molar-refractivity contribution in [1.29, 1.82) is 5.26 Å². The van der Waals surface area contributed by atoms with Crippen LogP contribution in [0.3, 0.4) is 0 Å². The molecule has 0 radical (unpaired) electrons. The number of carbonyl (C=O) groups excluding carboxylic acids is 1. The number of nitriles is 1. The zero-order valence-corrected chi connectivity index (χ0v) is 9.49. The van der Waals surface area contributed by atoms with Gasteiger partial charge < -0.3 is 9.39 Å². The molecule has 1 aliphatic heterocycles. The molecular formula is C8H11BBrNO3. The third-order valence-corrected chi connectivity index (χ3v) is 2.99. The summed E-state index contributed by atoms with van der Waals surface area (Å²) in [4.78, 5) is 11.7. The van der Waals surface area contributed by atoms with Crippen LogP contribution in [-0.4, -0.2) is 24.3 Å². The van der Waals surface area contributed by atoms with Crippen LogP contribution in [0.1, 0.15) is 13.3 Å². The maximum Gasteiger partial charge on any atom is 0.388 e. The van der Waals surface area contributed by atoms with Gasteiger partial charge in [-0.1, -0.05) is 15.9 Å². The summed E-state index contributed by atoms with van der Waals surface area (Å²) in [6.45, 7) is 1.80. The van der Waals surface area contributed by atoms with Gasteiger partial charge in [-0.3, -0.25) is 4.79 Å². The van der Waals surface area contributed by atoms with Crippen molar-refractivity contribution in [2.45, 2.75) is 30.3 Å². The molecule has 0 spiro atoms. The summed E-state index contributed by atoms with van der Waals surface area (Å²) in [6, 6.07) is 0. The molecule has 0 aromatic heterocycles. The van der Waals surface area contributed by atoms with Crippen molar-refractivity contribution in [2.24, 2.45) is 0 Å². The number of rotatable bonds is 3. The molecule has 0 bridgehead atoms. The molecule has 0 unspecified atom stereocenters. The third kappa shape index (κ3) is 2.64. The Hall–Kier alpha value is -0.695. The monoisotopic (exact) mass is 259 g/mol. The molecule has 1 heterocycles. The fraction of sp³-hybridized carbons (Fsp3) is 0.750. The van der Waals surface area contributed by atoms with Gasteiger partial charge >= 0.3 is 12.9 Å². The second-order valence-electron chi connectivity index (χ2n) is 3.17. The van der Waals surface area contributed by atoms with Gasteiger partial charge in [-0.2, -0.15) is 5.26 Å². The number of carbonyl (C=O) groups is 1. The molecule has 2 atom stereocenters. The molecule has 0 amide bonds. The zero-order valence-electron chi connectivity index (χ0n) is 7.90. The molecule has 1 rings (SSSR count). The summed E-state index contributed by atoms with van der Waals surface area (Å²) < 4.78 is 9.73. The highest BCUT2D eigenvalue weighted by Crippen LogP contribution is 2.36. The minimum atomic E-state index is -0.330. The molecule has 0 N–H and O–H groups in total. The van der Waals surface area contributed by atoms with Gasteiger partial charge in [0.25, 0.3) is 6.26 Å². The second kappa shape index (κ2) is 5.25. The predicted molar refractivity (Wildman–Crippen MR) is 55.0 cm³/mol. The molecule has 0 aromatic rings. The fourth-order valence-electron chi connectivity index (χ4n) is 1.64. The van der Waals surface area contributed by atoms with Gasteiger partial charge in [-0.05, 0) is 19.7 Å². The van der Waals surface area contributed by atoms with E-state index in [0.717, 1.165) is 0 Å². The van der Waals surface area contributed by atoms with E-state index in [9.17, 15) is 4.79 Å². The van der Waals surface area contributed by atoms with Crippen LogP contribution < -0.4 is 0 Å². The highest BCUT2D eigenvalue weighted by Gasteiger charge is 2.45. The molecule has 0 aromatic carbocycles. The van der Waals surface area contributed by atoms with E-state index in [2.05, 4.69) is 15.9 Å². The minimum absolute atomic E-state index is 0.232. The highest BCUT2D eigenvalue weighted by atomic mass is 79.9. The smallest absolute Gasteiger partial charge is 0.388 e. The Bertz CT molecular complexity index is 255. The van der Waals surface area contributed by atoms with Crippen molar-refractivity contribution in [3.05, 3.63) is 0 Å². The Morgan fingerprint density at radius 3 is 3.07 bits per heavy atom. The summed E-state index contributed by atoms with van der Waals surface area (Å²) in [5.74, 6) is -0.575. The Morgan fingerprint density at radius 2 is 2.50 bits per heavy atom. The lowest BCUT2D eigenvalue weighted by Gasteiger charge is -2.11. The first-order valence-electron chi connectivity index (χ1n) is 4.54. The van der Waals surface area contributed by atoms with Crippen molar-refractivity contribution >= 4 is 28.8 Å². The van der Waals surface area contributed by atoms with E-state index in [-0.39, 0.29) is 23.5 Å². The molecule has 1 fully saturated rings. The van der Waals surface area contributed by atoms with Gasteiger partial charge in [0, 0.05) is 4.83 Å². The van der Waals surface area contributed by atoms with E-state index in [4.69, 9.17) is 14.7 Å². The van der Waals surface area contributed by atoms with Crippen LogP contribution in [0.5, 0.6) is 0 Å². The fourth-order valence-corrected chi connectivity index (χ4v) is 2.41. The summed E-state index contributed by atoms with van der Waals surface area (Å²) in [7, 11) is 0. The highest BCUT2D eigenvalue weighted by molar-refractivity contribution is 9.09. The Kier molecular flexibility index (Phi) is 4.27. The molecule has 6 heteroatoms. The number of hydrogen-bond acceptors (Lipinski definition) is 4. The largest absolute Gasteiger partial charge is 0.497 e. The average Bonchev–Trinajstić information content (AvgIpc) is 2.48. The maximum absolute atomic E-state index is 11.4. The normalized spacial score (nSPS) is 25.6. The van der Waals surface area contributed by atoms with Crippen LogP contribution in [0.2, 0.25) is 12.1 Å². The predicted octanol–water partition coefficient (Wildman–Crippen LogP) is 1.58. The van der Waals surface area contributed by atoms with E-state index in [1.165, 1.54) is 0 Å². The summed E-state index contributed by atoms with van der Waals surface area (Å²) >= 11 is 3.41. The number of esters is 1. The van der Waals surface area contributed by atoms with Crippen molar-refractivity contribution in [1.82, 2.24) is 0 Å². The van der Waals surface area contributed by atoms with E-state index in [0.29, 0.717) is 19.3 Å². The van der Waals surface area contributed by atoms with Gasteiger partial charge in [0.1, 0.15) is 0 Å². The van der Waals surface area contributed by atoms with E-state index >= 15 is 0 Å². The van der Waals surface area contributed by atoms with Crippen LogP contribution in [0.4, 0.5) is 0 Å². The van der Waals surface area contributed by atoms with Crippen molar-refractivity contribution in [2.75, 3.05) is 6.61 Å². The lowest BCUT2D eigenvalue weighted by atomic mass is 9.58. The lowest BCUT2D eigenvalue weighted by Crippen LogP contribution is -2.25. The molecule has 0 aliphatic carbocycles. The second-order valence-corrected chi connectivity index (χ2v) is 4.47. The quantitative estimate of drug-likeness (QED) is 0.334. The Balaban J connectivity index is 2.57. The molecular weight excluding hydrogens is 249 g/mol. The van der Waals surface area contributed by atoms with Crippen molar-refractivity contribution in [3.63, 3.8) is 0 Å².